The van der Waals surface area contributed by atoms with Crippen molar-refractivity contribution in [2.75, 3.05) is 77.1 Å². The zero-order chi connectivity index (χ0) is 33.0. The largest absolute Gasteiger partial charge is 0.495 e. The third kappa shape index (κ3) is 6.84. The van der Waals surface area contributed by atoms with Gasteiger partial charge in [-0.3, -0.25) is 9.69 Å². The van der Waals surface area contributed by atoms with Crippen molar-refractivity contribution in [2.45, 2.75) is 19.3 Å². The first-order chi connectivity index (χ1) is 23.5. The van der Waals surface area contributed by atoms with Crippen molar-refractivity contribution >= 4 is 55.8 Å². The first-order valence-corrected chi connectivity index (χ1v) is 17.9. The highest BCUT2D eigenvalue weighted by Crippen LogP contribution is 2.41. The normalized spacial score (nSPS) is 16.5. The van der Waals surface area contributed by atoms with E-state index in [2.05, 4.69) is 42.5 Å². The number of nitrogen functional groups attached to an aromatic ring is 1. The van der Waals surface area contributed by atoms with E-state index in [1.165, 1.54) is 45.4 Å². The molecule has 0 spiro atoms. The molecule has 0 radical (unpaired) electrons. The Hall–Kier alpha value is -4.22. The number of rotatable bonds is 11. The summed E-state index contributed by atoms with van der Waals surface area (Å²) < 4.78 is 8.77. The van der Waals surface area contributed by atoms with Crippen molar-refractivity contribution in [1.29, 1.82) is 0 Å². The summed E-state index contributed by atoms with van der Waals surface area (Å²) in [5, 5.41) is 7.14. The van der Waals surface area contributed by atoms with Crippen LogP contribution in [0.25, 0.3) is 38.2 Å². The Balaban J connectivity index is 1.01. The summed E-state index contributed by atoms with van der Waals surface area (Å²) in [7, 11) is 3.52. The lowest BCUT2D eigenvalue weighted by Gasteiger charge is -2.34. The predicted octanol–water partition coefficient (Wildman–Crippen LogP) is 6.41. The van der Waals surface area contributed by atoms with Crippen LogP contribution in [-0.4, -0.2) is 96.2 Å². The number of thiophene rings is 1. The molecule has 7 rings (SSSR count). The SMILES string of the molecule is COc1cc(-c2csc3c(C=CCN4CCN(CCCN5CCCC5)CC4)cnc(N)c23)ccc1NC(=O)c1cc2ccccc2n1C. The molecule has 2 fully saturated rings. The van der Waals surface area contributed by atoms with E-state index >= 15 is 0 Å². The lowest BCUT2D eigenvalue weighted by atomic mass is 10.0. The van der Waals surface area contributed by atoms with Crippen LogP contribution in [0.3, 0.4) is 0 Å². The van der Waals surface area contributed by atoms with Crippen molar-refractivity contribution < 1.29 is 9.53 Å². The Morgan fingerprint density at radius 3 is 2.52 bits per heavy atom. The highest BCUT2D eigenvalue weighted by Gasteiger charge is 2.19. The van der Waals surface area contributed by atoms with Crippen LogP contribution < -0.4 is 15.8 Å². The summed E-state index contributed by atoms with van der Waals surface area (Å²) in [5.74, 6) is 0.889. The van der Waals surface area contributed by atoms with Gasteiger partial charge < -0.3 is 30.2 Å². The average molecular weight is 664 g/mol. The maximum absolute atomic E-state index is 13.3. The Kier molecular flexibility index (Phi) is 9.76. The number of hydrogen-bond acceptors (Lipinski definition) is 8. The lowest BCUT2D eigenvalue weighted by molar-refractivity contribution is 0.101. The fourth-order valence-corrected chi connectivity index (χ4v) is 8.20. The topological polar surface area (TPSA) is 91.9 Å². The van der Waals surface area contributed by atoms with Gasteiger partial charge in [0.15, 0.2) is 0 Å². The number of fused-ring (bicyclic) bond motifs is 2. The molecule has 3 aromatic heterocycles. The third-order valence-corrected chi connectivity index (χ3v) is 10.9. The molecule has 250 valence electrons. The van der Waals surface area contributed by atoms with E-state index < -0.39 is 0 Å². The van der Waals surface area contributed by atoms with E-state index in [1.807, 2.05) is 66.3 Å². The van der Waals surface area contributed by atoms with Gasteiger partial charge in [0, 0.05) is 78.1 Å². The molecular formula is C38H45N7O2S. The Morgan fingerprint density at radius 2 is 1.75 bits per heavy atom. The Bertz CT molecular complexity index is 1930. The molecule has 9 nitrogen and oxygen atoms in total. The molecule has 2 saturated heterocycles. The number of anilines is 2. The maximum atomic E-state index is 13.3. The number of nitrogens with one attached hydrogen (secondary N) is 1. The van der Waals surface area contributed by atoms with Gasteiger partial charge >= 0.3 is 0 Å². The molecule has 0 saturated carbocycles. The second-order valence-electron chi connectivity index (χ2n) is 12.9. The molecule has 2 aromatic carbocycles. The van der Waals surface area contributed by atoms with Gasteiger partial charge in [-0.05, 0) is 80.7 Å². The van der Waals surface area contributed by atoms with Gasteiger partial charge in [0.2, 0.25) is 0 Å². The number of benzene rings is 2. The number of hydrogen-bond donors (Lipinski definition) is 2. The number of carbonyl (C=O) groups is 1. The van der Waals surface area contributed by atoms with E-state index in [4.69, 9.17) is 10.5 Å². The van der Waals surface area contributed by atoms with Crippen molar-refractivity contribution in [1.82, 2.24) is 24.3 Å². The second-order valence-corrected chi connectivity index (χ2v) is 13.8. The van der Waals surface area contributed by atoms with Crippen LogP contribution in [0.4, 0.5) is 11.5 Å². The van der Waals surface area contributed by atoms with E-state index in [-0.39, 0.29) is 5.91 Å². The van der Waals surface area contributed by atoms with Crippen LogP contribution in [0.15, 0.2) is 66.2 Å². The van der Waals surface area contributed by atoms with Crippen LogP contribution in [-0.2, 0) is 7.05 Å². The van der Waals surface area contributed by atoms with E-state index in [0.717, 1.165) is 70.4 Å². The van der Waals surface area contributed by atoms with Crippen molar-refractivity contribution in [3.05, 3.63) is 77.4 Å². The molecular weight excluding hydrogens is 619 g/mol. The Labute approximate surface area is 286 Å². The highest BCUT2D eigenvalue weighted by atomic mass is 32.1. The number of pyridine rings is 1. The summed E-state index contributed by atoms with van der Waals surface area (Å²) in [6, 6.07) is 15.7. The molecule has 5 aromatic rings. The van der Waals surface area contributed by atoms with Crippen molar-refractivity contribution in [3.8, 4) is 16.9 Å². The smallest absolute Gasteiger partial charge is 0.272 e. The number of para-hydroxylation sites is 1. The average Bonchev–Trinajstić information content (AvgIpc) is 3.87. The molecule has 0 bridgehead atoms. The number of carbonyl (C=O) groups excluding carboxylic acids is 1. The molecule has 10 heteroatoms. The molecule has 1 amide bonds. The van der Waals surface area contributed by atoms with Gasteiger partial charge in [-0.2, -0.15) is 0 Å². The fraction of sp³-hybridized carbons (Fsp3) is 0.368. The van der Waals surface area contributed by atoms with Crippen LogP contribution in [0.5, 0.6) is 5.75 Å². The number of piperazine rings is 1. The maximum Gasteiger partial charge on any atom is 0.272 e. The zero-order valence-corrected chi connectivity index (χ0v) is 28.8. The summed E-state index contributed by atoms with van der Waals surface area (Å²) in [5.41, 5.74) is 11.7. The minimum atomic E-state index is -0.194. The highest BCUT2D eigenvalue weighted by molar-refractivity contribution is 7.18. The zero-order valence-electron chi connectivity index (χ0n) is 28.0. The quantitative estimate of drug-likeness (QED) is 0.169. The van der Waals surface area contributed by atoms with E-state index in [0.29, 0.717) is 22.9 Å². The number of nitrogens with two attached hydrogens (primary N) is 1. The van der Waals surface area contributed by atoms with Crippen LogP contribution in [0, 0.1) is 0 Å². The number of aromatic nitrogens is 2. The van der Waals surface area contributed by atoms with Crippen LogP contribution in [0.2, 0.25) is 0 Å². The fourth-order valence-electron chi connectivity index (χ4n) is 7.12. The van der Waals surface area contributed by atoms with Crippen LogP contribution >= 0.6 is 11.3 Å². The van der Waals surface area contributed by atoms with Gasteiger partial charge in [0.25, 0.3) is 5.91 Å². The van der Waals surface area contributed by atoms with Crippen molar-refractivity contribution in [3.63, 3.8) is 0 Å². The first kappa shape index (κ1) is 32.3. The molecule has 5 heterocycles. The molecule has 0 aliphatic carbocycles. The molecule has 48 heavy (non-hydrogen) atoms. The number of aryl methyl sites for hydroxylation is 1. The molecule has 2 aliphatic heterocycles. The molecule has 0 unspecified atom stereocenters. The first-order valence-electron chi connectivity index (χ1n) is 17.0. The van der Waals surface area contributed by atoms with Gasteiger partial charge in [-0.1, -0.05) is 36.4 Å². The van der Waals surface area contributed by atoms with Crippen molar-refractivity contribution in [2.24, 2.45) is 7.05 Å². The summed E-state index contributed by atoms with van der Waals surface area (Å²) in [6.07, 6.45) is 10.3. The minimum Gasteiger partial charge on any atom is -0.495 e. The van der Waals surface area contributed by atoms with Crippen LogP contribution in [0.1, 0.15) is 35.3 Å². The summed E-state index contributed by atoms with van der Waals surface area (Å²) in [4.78, 5) is 25.6. The lowest BCUT2D eigenvalue weighted by Crippen LogP contribution is -2.46. The van der Waals surface area contributed by atoms with Gasteiger partial charge in [-0.15, -0.1) is 11.3 Å². The Morgan fingerprint density at radius 1 is 1.00 bits per heavy atom. The molecule has 2 aliphatic rings. The predicted molar refractivity (Wildman–Crippen MR) is 199 cm³/mol. The third-order valence-electron chi connectivity index (χ3n) is 9.87. The standard InChI is InChI=1S/C38H45N7O2S/c1-42-32-11-4-3-9-28(32)23-33(42)38(46)41-31-13-12-27(24-34(31)47-2)30-26-48-36-29(25-40-37(39)35(30)36)10-7-16-44-19-21-45(22-20-44)18-8-17-43-14-5-6-15-43/h3-4,7,9-13,23-26H,5-6,8,14-22H2,1-2H3,(H2,39,40)(H,41,46). The number of methoxy groups -OCH3 is 1. The second kappa shape index (κ2) is 14.5. The van der Waals surface area contributed by atoms with Gasteiger partial charge in [0.1, 0.15) is 17.3 Å². The molecule has 0 atom stereocenters. The van der Waals surface area contributed by atoms with Gasteiger partial charge in [0.05, 0.1) is 12.8 Å². The number of nitrogens with zero attached hydrogens (tertiary/aromatic N) is 5. The monoisotopic (exact) mass is 663 g/mol. The van der Waals surface area contributed by atoms with E-state index in [9.17, 15) is 4.79 Å². The number of amides is 1. The summed E-state index contributed by atoms with van der Waals surface area (Å²) in [6.45, 7) is 10.5. The number of ether oxygens (including phenoxy) is 1. The summed E-state index contributed by atoms with van der Waals surface area (Å²) >= 11 is 1.67. The molecule has 3 N–H and O–H groups in total. The number of likely N-dealkylation sites (tertiary alicyclic amines) is 1. The minimum absolute atomic E-state index is 0.194. The van der Waals surface area contributed by atoms with E-state index in [1.54, 1.807) is 18.4 Å². The van der Waals surface area contributed by atoms with Gasteiger partial charge in [-0.25, -0.2) is 4.98 Å².